The van der Waals surface area contributed by atoms with Crippen molar-refractivity contribution >= 4 is 24.7 Å². The predicted molar refractivity (Wildman–Crippen MR) is 183 cm³/mol. The van der Waals surface area contributed by atoms with Crippen LogP contribution in [0.5, 0.6) is 0 Å². The molecule has 2 bridgehead atoms. The van der Waals surface area contributed by atoms with E-state index in [0.29, 0.717) is 29.4 Å². The normalized spacial score (nSPS) is 25.7. The summed E-state index contributed by atoms with van der Waals surface area (Å²) in [5.41, 5.74) is 3.17. The smallest absolute Gasteiger partial charge is 0.404 e. The van der Waals surface area contributed by atoms with Crippen LogP contribution < -0.4 is 10.6 Å². The minimum Gasteiger partial charge on any atom is -0.404 e. The van der Waals surface area contributed by atoms with Gasteiger partial charge in [-0.15, -0.1) is 0 Å². The molecule has 2 aromatic rings. The Kier molecular flexibility index (Phi) is 10.5. The molecule has 6 atom stereocenters. The van der Waals surface area contributed by atoms with Gasteiger partial charge in [0, 0.05) is 24.1 Å². The van der Waals surface area contributed by atoms with Gasteiger partial charge in [0.25, 0.3) is 5.91 Å². The second-order valence-electron chi connectivity index (χ2n) is 15.3. The Morgan fingerprint density at radius 1 is 0.978 bits per heavy atom. The summed E-state index contributed by atoms with van der Waals surface area (Å²) in [5, 5.41) is 6.16. The number of unbranched alkanes of at least 4 members (excludes halogenated alkanes) is 1. The van der Waals surface area contributed by atoms with Crippen molar-refractivity contribution in [3.8, 4) is 0 Å². The van der Waals surface area contributed by atoms with E-state index < -0.39 is 13.0 Å². The van der Waals surface area contributed by atoms with Crippen molar-refractivity contribution in [3.05, 3.63) is 70.8 Å². The van der Waals surface area contributed by atoms with Gasteiger partial charge >= 0.3 is 7.12 Å². The molecule has 8 heteroatoms. The molecule has 4 aliphatic rings. The molecule has 0 radical (unpaired) electrons. The van der Waals surface area contributed by atoms with Crippen LogP contribution in [0.1, 0.15) is 112 Å². The zero-order valence-electron chi connectivity index (χ0n) is 28.9. The highest BCUT2D eigenvalue weighted by Crippen LogP contribution is 2.65. The number of benzene rings is 2. The lowest BCUT2D eigenvalue weighted by Gasteiger charge is -2.64. The molecule has 2 aromatic carbocycles. The number of amides is 2. The number of hydrogen-bond donors (Lipinski definition) is 2. The van der Waals surface area contributed by atoms with Crippen LogP contribution in [0.15, 0.2) is 48.5 Å². The Morgan fingerprint density at radius 2 is 1.65 bits per heavy atom. The molecule has 2 amide bonds. The first-order valence-electron chi connectivity index (χ1n) is 17.4. The number of carbonyl (C=O) groups excluding carboxylic acids is 3. The molecule has 1 heterocycles. The molecule has 1 saturated heterocycles. The van der Waals surface area contributed by atoms with E-state index in [-0.39, 0.29) is 59.5 Å². The molecule has 248 valence electrons. The average Bonchev–Trinajstić information content (AvgIpc) is 3.39. The fraction of sp³-hybridized carbons (Fsp3) is 0.605. The summed E-state index contributed by atoms with van der Waals surface area (Å²) in [7, 11) is -0.564. The van der Waals surface area contributed by atoms with Crippen molar-refractivity contribution in [1.29, 1.82) is 0 Å². The van der Waals surface area contributed by atoms with Gasteiger partial charge in [-0.05, 0) is 86.8 Å². The third-order valence-corrected chi connectivity index (χ3v) is 11.1. The largest absolute Gasteiger partial charge is 0.481 e. The molecule has 2 N–H and O–H groups in total. The van der Waals surface area contributed by atoms with E-state index in [1.54, 1.807) is 12.1 Å². The maximum Gasteiger partial charge on any atom is 0.481 e. The molecule has 0 unspecified atom stereocenters. The summed E-state index contributed by atoms with van der Waals surface area (Å²) in [6.07, 6.45) is 5.97. The first-order chi connectivity index (χ1) is 21.8. The summed E-state index contributed by atoms with van der Waals surface area (Å²) in [6, 6.07) is 15.0. The fourth-order valence-corrected chi connectivity index (χ4v) is 7.98. The van der Waals surface area contributed by atoms with E-state index in [0.717, 1.165) is 37.7 Å². The summed E-state index contributed by atoms with van der Waals surface area (Å²) >= 11 is 0. The van der Waals surface area contributed by atoms with E-state index in [1.165, 1.54) is 5.56 Å². The highest BCUT2D eigenvalue weighted by Gasteiger charge is 2.68. The molecule has 6 rings (SSSR count). The lowest BCUT2D eigenvalue weighted by Crippen LogP contribution is -2.65. The van der Waals surface area contributed by atoms with Crippen LogP contribution in [-0.4, -0.2) is 48.9 Å². The zero-order chi connectivity index (χ0) is 33.2. The predicted octanol–water partition coefficient (Wildman–Crippen LogP) is 6.76. The quantitative estimate of drug-likeness (QED) is 0.178. The van der Waals surface area contributed by atoms with E-state index >= 15 is 0 Å². The topological polar surface area (TPSA) is 93.7 Å². The average molecular weight is 629 g/mol. The van der Waals surface area contributed by atoms with Crippen LogP contribution in [0.25, 0.3) is 0 Å². The number of carbonyl (C=O) groups is 3. The number of Topliss-reactive ketones (excluding diaryl/α,β-unsaturated/α-hetero) is 1. The first kappa shape index (κ1) is 34.4. The molecule has 7 nitrogen and oxygen atoms in total. The Morgan fingerprint density at radius 3 is 2.28 bits per heavy atom. The molecule has 46 heavy (non-hydrogen) atoms. The molecule has 0 spiro atoms. The number of ketones is 1. The zero-order valence-corrected chi connectivity index (χ0v) is 28.9. The standard InChI is InChI=1S/C38H53BN2O5/c1-8-9-10-26-13-17-27(18-14-26)31(42)20-29(23-40-35(43)28-15-11-25(4)12-16-28)36(44)41-34(19-24(2)3)39-45-33-22-30-21-32(37(30,5)6)38(33,7)46-39/h11-18,24,29-30,32-34H,8-10,19-23H2,1-7H3,(H,40,43)(H,41,44)/t29-,30+,32+,33+,34-,38-/m0/s1. The molecule has 4 fully saturated rings. The number of nitrogens with one attached hydrogen (secondary N) is 2. The van der Waals surface area contributed by atoms with Crippen LogP contribution in [0.2, 0.25) is 0 Å². The molecular formula is C38H53BN2O5. The Hall–Kier alpha value is -2.97. The van der Waals surface area contributed by atoms with Gasteiger partial charge < -0.3 is 19.9 Å². The number of rotatable bonds is 14. The minimum absolute atomic E-state index is 0.00677. The van der Waals surface area contributed by atoms with Crippen LogP contribution in [-0.2, 0) is 20.5 Å². The fourth-order valence-electron chi connectivity index (χ4n) is 7.98. The van der Waals surface area contributed by atoms with E-state index in [4.69, 9.17) is 9.31 Å². The van der Waals surface area contributed by atoms with Gasteiger partial charge in [0.05, 0.1) is 23.6 Å². The van der Waals surface area contributed by atoms with Crippen molar-refractivity contribution < 1.29 is 23.7 Å². The van der Waals surface area contributed by atoms with E-state index in [1.807, 2.05) is 43.3 Å². The molecule has 3 saturated carbocycles. The van der Waals surface area contributed by atoms with Crippen LogP contribution >= 0.6 is 0 Å². The van der Waals surface area contributed by atoms with Gasteiger partial charge in [-0.1, -0.05) is 83.0 Å². The van der Waals surface area contributed by atoms with Gasteiger partial charge in [0.1, 0.15) is 0 Å². The summed E-state index contributed by atoms with van der Waals surface area (Å²) in [6.45, 7) is 15.3. The van der Waals surface area contributed by atoms with E-state index in [2.05, 4.69) is 52.2 Å². The van der Waals surface area contributed by atoms with Gasteiger partial charge in [-0.3, -0.25) is 14.4 Å². The minimum atomic E-state index is -0.762. The van der Waals surface area contributed by atoms with Crippen LogP contribution in [0.3, 0.4) is 0 Å². The molecule has 3 aliphatic carbocycles. The lowest BCUT2D eigenvalue weighted by molar-refractivity contribution is -0.199. The third kappa shape index (κ3) is 7.28. The monoisotopic (exact) mass is 628 g/mol. The number of hydrogen-bond acceptors (Lipinski definition) is 5. The van der Waals surface area contributed by atoms with Gasteiger partial charge in [-0.25, -0.2) is 0 Å². The highest BCUT2D eigenvalue weighted by atomic mass is 16.7. The maximum absolute atomic E-state index is 14.1. The second-order valence-corrected chi connectivity index (χ2v) is 15.3. The van der Waals surface area contributed by atoms with Crippen molar-refractivity contribution in [2.24, 2.45) is 29.1 Å². The third-order valence-electron chi connectivity index (χ3n) is 11.1. The Labute approximate surface area is 276 Å². The number of aryl methyl sites for hydroxylation is 2. The van der Waals surface area contributed by atoms with Crippen molar-refractivity contribution in [2.45, 2.75) is 111 Å². The van der Waals surface area contributed by atoms with E-state index in [9.17, 15) is 14.4 Å². The van der Waals surface area contributed by atoms with Gasteiger partial charge in [0.15, 0.2) is 5.78 Å². The Bertz CT molecular complexity index is 1390. The van der Waals surface area contributed by atoms with Gasteiger partial charge in [0.2, 0.25) is 5.91 Å². The summed E-state index contributed by atoms with van der Waals surface area (Å²) < 4.78 is 13.4. The SMILES string of the molecule is CCCCc1ccc(C(=O)C[C@@H](CNC(=O)c2ccc(C)cc2)C(=O)N[C@@H](CC(C)C)B2O[C@@H]3C[C@H]4C[C@H](C4(C)C)[C@]3(C)O2)cc1. The molecule has 0 aromatic heterocycles. The van der Waals surface area contributed by atoms with Crippen molar-refractivity contribution in [3.63, 3.8) is 0 Å². The first-order valence-corrected chi connectivity index (χ1v) is 17.4. The lowest BCUT2D eigenvalue weighted by atomic mass is 9.43. The van der Waals surface area contributed by atoms with Crippen molar-refractivity contribution in [2.75, 3.05) is 6.54 Å². The summed E-state index contributed by atoms with van der Waals surface area (Å²) in [4.78, 5) is 40.6. The summed E-state index contributed by atoms with van der Waals surface area (Å²) in [5.74, 6) is -0.485. The molecular weight excluding hydrogens is 575 g/mol. The van der Waals surface area contributed by atoms with Crippen LogP contribution in [0.4, 0.5) is 0 Å². The maximum atomic E-state index is 14.1. The van der Waals surface area contributed by atoms with Crippen molar-refractivity contribution in [1.82, 2.24) is 10.6 Å². The Balaban J connectivity index is 1.31. The van der Waals surface area contributed by atoms with Crippen LogP contribution in [0, 0.1) is 36.0 Å². The van der Waals surface area contributed by atoms with Gasteiger partial charge in [-0.2, -0.15) is 0 Å². The second kappa shape index (κ2) is 14.0. The highest BCUT2D eigenvalue weighted by molar-refractivity contribution is 6.47. The molecule has 1 aliphatic heterocycles.